The van der Waals surface area contributed by atoms with Crippen molar-refractivity contribution in [2.24, 2.45) is 0 Å². The van der Waals surface area contributed by atoms with E-state index in [2.05, 4.69) is 63.0 Å². The van der Waals surface area contributed by atoms with E-state index in [0.717, 1.165) is 6.54 Å². The summed E-state index contributed by atoms with van der Waals surface area (Å²) >= 11 is 2.14. The average Bonchev–Trinajstić information content (AvgIpc) is 2.78. The maximum Gasteiger partial charge on any atom is 0.0469 e. The van der Waals surface area contributed by atoms with Crippen molar-refractivity contribution in [1.29, 1.82) is 0 Å². The van der Waals surface area contributed by atoms with Crippen LogP contribution in [-0.2, 0) is 0 Å². The summed E-state index contributed by atoms with van der Waals surface area (Å²) in [6, 6.07) is 7.20. The van der Waals surface area contributed by atoms with Gasteiger partial charge in [-0.15, -0.1) is 0 Å². The zero-order chi connectivity index (χ0) is 13.2. The molecule has 100 valence electrons. The van der Waals surface area contributed by atoms with Crippen molar-refractivity contribution in [3.05, 3.63) is 34.9 Å². The Kier molecular flexibility index (Phi) is 4.39. The first-order chi connectivity index (χ1) is 8.58. The van der Waals surface area contributed by atoms with E-state index in [0.29, 0.717) is 10.8 Å². The molecule has 1 N–H and O–H groups in total. The van der Waals surface area contributed by atoms with Crippen molar-refractivity contribution in [2.75, 3.05) is 12.3 Å². The van der Waals surface area contributed by atoms with E-state index in [1.54, 1.807) is 0 Å². The summed E-state index contributed by atoms with van der Waals surface area (Å²) in [5.74, 6) is 1.31. The van der Waals surface area contributed by atoms with Crippen molar-refractivity contribution >= 4 is 11.8 Å². The molecule has 1 aliphatic rings. The highest BCUT2D eigenvalue weighted by Gasteiger charge is 2.38. The molecule has 2 rings (SSSR count). The maximum atomic E-state index is 3.73. The number of aryl methyl sites for hydroxylation is 1. The van der Waals surface area contributed by atoms with E-state index < -0.39 is 0 Å². The van der Waals surface area contributed by atoms with Gasteiger partial charge in [-0.05, 0) is 62.6 Å². The van der Waals surface area contributed by atoms with E-state index in [4.69, 9.17) is 0 Å². The first-order valence-electron chi connectivity index (χ1n) is 7.02. The number of rotatable bonds is 4. The molecule has 0 radical (unpaired) electrons. The van der Waals surface area contributed by atoms with Crippen LogP contribution in [0.3, 0.4) is 0 Å². The summed E-state index contributed by atoms with van der Waals surface area (Å²) < 4.78 is 0.356. The second-order valence-electron chi connectivity index (χ2n) is 5.54. The third kappa shape index (κ3) is 2.60. The van der Waals surface area contributed by atoms with Gasteiger partial charge >= 0.3 is 0 Å². The van der Waals surface area contributed by atoms with Gasteiger partial charge in [0.1, 0.15) is 0 Å². The van der Waals surface area contributed by atoms with Crippen LogP contribution in [0.15, 0.2) is 18.2 Å². The van der Waals surface area contributed by atoms with Gasteiger partial charge in [0.25, 0.3) is 0 Å². The van der Waals surface area contributed by atoms with Crippen LogP contribution in [0, 0.1) is 13.8 Å². The largest absolute Gasteiger partial charge is 0.309 e. The van der Waals surface area contributed by atoms with Gasteiger partial charge in [-0.2, -0.15) is 11.8 Å². The Labute approximate surface area is 116 Å². The number of hydrogen-bond donors (Lipinski definition) is 1. The van der Waals surface area contributed by atoms with Gasteiger partial charge in [0.15, 0.2) is 0 Å². The van der Waals surface area contributed by atoms with Crippen LogP contribution < -0.4 is 5.32 Å². The molecule has 1 aromatic carbocycles. The Balaban J connectivity index is 2.38. The molecule has 0 aliphatic carbocycles. The summed E-state index contributed by atoms with van der Waals surface area (Å²) in [6.45, 7) is 10.2. The summed E-state index contributed by atoms with van der Waals surface area (Å²) in [7, 11) is 0. The molecule has 1 heterocycles. The summed E-state index contributed by atoms with van der Waals surface area (Å²) in [5.41, 5.74) is 4.35. The monoisotopic (exact) mass is 263 g/mol. The molecule has 1 saturated heterocycles. The molecule has 0 amide bonds. The van der Waals surface area contributed by atoms with E-state index in [9.17, 15) is 0 Å². The Hall–Kier alpha value is -0.470. The van der Waals surface area contributed by atoms with Crippen molar-refractivity contribution in [3.8, 4) is 0 Å². The maximum absolute atomic E-state index is 3.73. The number of thioether (sulfide) groups is 1. The minimum absolute atomic E-state index is 0.356. The first kappa shape index (κ1) is 14.0. The highest BCUT2D eigenvalue weighted by atomic mass is 32.2. The summed E-state index contributed by atoms with van der Waals surface area (Å²) in [6.07, 6.45) is 2.68. The van der Waals surface area contributed by atoms with Crippen molar-refractivity contribution in [3.63, 3.8) is 0 Å². The first-order valence-corrected chi connectivity index (χ1v) is 8.00. The molecule has 0 bridgehead atoms. The fourth-order valence-corrected chi connectivity index (χ4v) is 4.39. The smallest absolute Gasteiger partial charge is 0.0469 e. The Bertz CT molecular complexity index is 408. The normalized spacial score (nSPS) is 25.3. The molecule has 0 spiro atoms. The molecule has 18 heavy (non-hydrogen) atoms. The van der Waals surface area contributed by atoms with Gasteiger partial charge in [0, 0.05) is 10.8 Å². The van der Waals surface area contributed by atoms with Gasteiger partial charge < -0.3 is 5.32 Å². The Morgan fingerprint density at radius 1 is 1.39 bits per heavy atom. The lowest BCUT2D eigenvalue weighted by Crippen LogP contribution is -2.38. The minimum Gasteiger partial charge on any atom is -0.309 e. The highest BCUT2D eigenvalue weighted by molar-refractivity contribution is 8.00. The summed E-state index contributed by atoms with van der Waals surface area (Å²) in [4.78, 5) is 0. The number of benzene rings is 1. The Morgan fingerprint density at radius 3 is 2.78 bits per heavy atom. The van der Waals surface area contributed by atoms with Gasteiger partial charge in [-0.3, -0.25) is 0 Å². The molecule has 2 unspecified atom stereocenters. The third-order valence-electron chi connectivity index (χ3n) is 4.23. The molecule has 0 saturated carbocycles. The fraction of sp³-hybridized carbons (Fsp3) is 0.625. The van der Waals surface area contributed by atoms with Gasteiger partial charge in [-0.25, -0.2) is 0 Å². The lowest BCUT2D eigenvalue weighted by atomic mass is 9.86. The van der Waals surface area contributed by atoms with Crippen molar-refractivity contribution in [1.82, 2.24) is 5.32 Å². The van der Waals surface area contributed by atoms with Crippen LogP contribution in [-0.4, -0.2) is 17.0 Å². The quantitative estimate of drug-likeness (QED) is 0.872. The molecule has 1 aliphatic heterocycles. The van der Waals surface area contributed by atoms with Crippen LogP contribution in [0.25, 0.3) is 0 Å². The minimum atomic E-state index is 0.356. The van der Waals surface area contributed by atoms with Crippen LogP contribution in [0.1, 0.15) is 49.4 Å². The van der Waals surface area contributed by atoms with Crippen LogP contribution >= 0.6 is 11.8 Å². The molecule has 1 aromatic rings. The second-order valence-corrected chi connectivity index (χ2v) is 7.17. The molecule has 0 aromatic heterocycles. The summed E-state index contributed by atoms with van der Waals surface area (Å²) in [5, 5.41) is 3.73. The molecule has 1 nitrogen and oxygen atoms in total. The molecular formula is C16H25NS. The van der Waals surface area contributed by atoms with Crippen LogP contribution in [0.2, 0.25) is 0 Å². The molecule has 2 atom stereocenters. The van der Waals surface area contributed by atoms with Crippen LogP contribution in [0.5, 0.6) is 0 Å². The Morgan fingerprint density at radius 2 is 2.17 bits per heavy atom. The number of hydrogen-bond acceptors (Lipinski definition) is 2. The third-order valence-corrected chi connectivity index (χ3v) is 5.82. The highest BCUT2D eigenvalue weighted by Crippen LogP contribution is 2.47. The van der Waals surface area contributed by atoms with Gasteiger partial charge in [-0.1, -0.05) is 25.1 Å². The van der Waals surface area contributed by atoms with Crippen LogP contribution in [0.4, 0.5) is 0 Å². The predicted molar refractivity (Wildman–Crippen MR) is 82.4 cm³/mol. The molecular weight excluding hydrogens is 238 g/mol. The standard InChI is InChI=1S/C16H25NS/c1-5-17-15(16(4)10-7-11-18-16)14-9-6-8-12(2)13(14)3/h6,8-9,15,17H,5,7,10-11H2,1-4H3. The predicted octanol–water partition coefficient (Wildman–Crippen LogP) is 4.24. The van der Waals surface area contributed by atoms with Crippen molar-refractivity contribution in [2.45, 2.75) is 51.3 Å². The van der Waals surface area contributed by atoms with E-state index >= 15 is 0 Å². The van der Waals surface area contributed by atoms with Crippen molar-refractivity contribution < 1.29 is 0 Å². The lowest BCUT2D eigenvalue weighted by molar-refractivity contribution is 0.420. The second kappa shape index (κ2) is 5.66. The lowest BCUT2D eigenvalue weighted by Gasteiger charge is -2.35. The fourth-order valence-electron chi connectivity index (χ4n) is 2.97. The van der Waals surface area contributed by atoms with E-state index in [1.165, 1.54) is 35.3 Å². The van der Waals surface area contributed by atoms with E-state index in [-0.39, 0.29) is 0 Å². The average molecular weight is 263 g/mol. The van der Waals surface area contributed by atoms with Gasteiger partial charge in [0.05, 0.1) is 0 Å². The number of nitrogens with one attached hydrogen (secondary N) is 1. The topological polar surface area (TPSA) is 12.0 Å². The molecule has 1 fully saturated rings. The SMILES string of the molecule is CCNC(c1cccc(C)c1C)C1(C)CCCS1. The van der Waals surface area contributed by atoms with Gasteiger partial charge in [0.2, 0.25) is 0 Å². The molecule has 2 heteroatoms. The van der Waals surface area contributed by atoms with E-state index in [1.807, 2.05) is 0 Å². The zero-order valence-electron chi connectivity index (χ0n) is 12.0. The zero-order valence-corrected chi connectivity index (χ0v) is 12.9.